The number of rotatable bonds is 3. The zero-order valence-electron chi connectivity index (χ0n) is 8.43. The highest BCUT2D eigenvalue weighted by Crippen LogP contribution is 2.18. The lowest BCUT2D eigenvalue weighted by Crippen LogP contribution is -2.03. The summed E-state index contributed by atoms with van der Waals surface area (Å²) in [6.45, 7) is 4.08. The van der Waals surface area contributed by atoms with Crippen LogP contribution in [0.2, 0.25) is 6.32 Å². The highest BCUT2D eigenvalue weighted by Gasteiger charge is 2.06. The highest BCUT2D eigenvalue weighted by atomic mass is 127. The molecule has 0 bridgehead atoms. The predicted octanol–water partition coefficient (Wildman–Crippen LogP) is 2.61. The number of carbonyl (C=O) groups excluding carboxylic acids is 1. The summed E-state index contributed by atoms with van der Waals surface area (Å²) in [6.07, 6.45) is 0.588. The van der Waals surface area contributed by atoms with E-state index in [1.165, 1.54) is 14.7 Å². The van der Waals surface area contributed by atoms with Crippen LogP contribution < -0.4 is 0 Å². The lowest BCUT2D eigenvalue weighted by Gasteiger charge is -2.07. The standard InChI is InChI=1S/C11H12BIO/c1-7-4-11(13)8(2)3-9(7)5-10(14)6-12/h3-4H,5-6H2,1-2H3. The van der Waals surface area contributed by atoms with Crippen molar-refractivity contribution >= 4 is 36.2 Å². The molecule has 0 aromatic heterocycles. The molecule has 3 heteroatoms. The largest absolute Gasteiger partial charge is 0.300 e. The van der Waals surface area contributed by atoms with E-state index in [9.17, 15) is 4.79 Å². The zero-order valence-corrected chi connectivity index (χ0v) is 10.6. The topological polar surface area (TPSA) is 17.1 Å². The first-order valence-corrected chi connectivity index (χ1v) is 5.60. The van der Waals surface area contributed by atoms with Crippen LogP contribution in [0.3, 0.4) is 0 Å². The number of benzene rings is 1. The van der Waals surface area contributed by atoms with Crippen LogP contribution in [-0.2, 0) is 11.2 Å². The summed E-state index contributed by atoms with van der Waals surface area (Å²) in [6, 6.07) is 4.18. The fraction of sp³-hybridized carbons (Fsp3) is 0.364. The Labute approximate surface area is 99.8 Å². The fourth-order valence-corrected chi connectivity index (χ4v) is 1.94. The summed E-state index contributed by atoms with van der Waals surface area (Å²) in [5, 5.41) is 0. The maximum absolute atomic E-state index is 11.2. The van der Waals surface area contributed by atoms with Gasteiger partial charge >= 0.3 is 0 Å². The van der Waals surface area contributed by atoms with Gasteiger partial charge in [-0.1, -0.05) is 6.07 Å². The third-order valence-corrected chi connectivity index (χ3v) is 3.39. The van der Waals surface area contributed by atoms with Gasteiger partial charge in [-0.25, -0.2) is 0 Å². The number of halogens is 1. The first kappa shape index (κ1) is 11.8. The molecular weight excluding hydrogens is 286 g/mol. The minimum Gasteiger partial charge on any atom is -0.300 e. The molecule has 0 saturated heterocycles. The first-order valence-electron chi connectivity index (χ1n) is 4.52. The zero-order chi connectivity index (χ0) is 10.7. The van der Waals surface area contributed by atoms with Gasteiger partial charge in [-0.2, -0.15) is 0 Å². The molecule has 0 fully saturated rings. The Morgan fingerprint density at radius 3 is 2.57 bits per heavy atom. The molecule has 0 spiro atoms. The smallest absolute Gasteiger partial charge is 0.128 e. The molecule has 0 aliphatic rings. The van der Waals surface area contributed by atoms with Crippen molar-refractivity contribution in [2.24, 2.45) is 0 Å². The van der Waals surface area contributed by atoms with E-state index in [1.54, 1.807) is 0 Å². The molecular formula is C11H12BIO. The van der Waals surface area contributed by atoms with E-state index in [1.807, 2.05) is 6.92 Å². The molecule has 1 aromatic carbocycles. The van der Waals surface area contributed by atoms with Crippen molar-refractivity contribution < 1.29 is 4.79 Å². The lowest BCUT2D eigenvalue weighted by atomic mass is 9.94. The van der Waals surface area contributed by atoms with Crippen LogP contribution in [0.25, 0.3) is 0 Å². The Hall–Kier alpha value is -0.315. The van der Waals surface area contributed by atoms with Gasteiger partial charge in [0, 0.05) is 9.99 Å². The van der Waals surface area contributed by atoms with Gasteiger partial charge in [-0.3, -0.25) is 0 Å². The van der Waals surface area contributed by atoms with Crippen molar-refractivity contribution in [3.05, 3.63) is 32.4 Å². The minimum atomic E-state index is 0.0914. The summed E-state index contributed by atoms with van der Waals surface area (Å²) in [7, 11) is 5.29. The van der Waals surface area contributed by atoms with E-state index in [2.05, 4.69) is 41.6 Å². The summed E-state index contributed by atoms with van der Waals surface area (Å²) >= 11 is 2.30. The van der Waals surface area contributed by atoms with Gasteiger partial charge in [-0.15, -0.1) is 0 Å². The van der Waals surface area contributed by atoms with Crippen molar-refractivity contribution in [3.8, 4) is 0 Å². The Kier molecular flexibility index (Phi) is 4.17. The van der Waals surface area contributed by atoms with Crippen molar-refractivity contribution in [1.29, 1.82) is 0 Å². The molecule has 1 aromatic rings. The van der Waals surface area contributed by atoms with Crippen LogP contribution in [-0.4, -0.2) is 13.6 Å². The van der Waals surface area contributed by atoms with E-state index in [0.717, 1.165) is 5.56 Å². The van der Waals surface area contributed by atoms with Crippen LogP contribution in [0, 0.1) is 17.4 Å². The Morgan fingerprint density at radius 2 is 2.00 bits per heavy atom. The summed E-state index contributed by atoms with van der Waals surface area (Å²) in [5.41, 5.74) is 3.48. The molecule has 1 nitrogen and oxygen atoms in total. The minimum absolute atomic E-state index is 0.0914. The molecule has 0 heterocycles. The van der Waals surface area contributed by atoms with Crippen LogP contribution in [0.5, 0.6) is 0 Å². The molecule has 1 rings (SSSR count). The average molecular weight is 298 g/mol. The van der Waals surface area contributed by atoms with Crippen molar-refractivity contribution in [3.63, 3.8) is 0 Å². The van der Waals surface area contributed by atoms with Crippen LogP contribution in [0.1, 0.15) is 16.7 Å². The number of aryl methyl sites for hydroxylation is 2. The van der Waals surface area contributed by atoms with Crippen molar-refractivity contribution in [1.82, 2.24) is 0 Å². The highest BCUT2D eigenvalue weighted by molar-refractivity contribution is 14.1. The van der Waals surface area contributed by atoms with E-state index < -0.39 is 0 Å². The van der Waals surface area contributed by atoms with Gasteiger partial charge in [0.25, 0.3) is 0 Å². The van der Waals surface area contributed by atoms with Gasteiger partial charge in [-0.05, 0) is 65.5 Å². The van der Waals surface area contributed by atoms with Crippen LogP contribution >= 0.6 is 22.6 Å². The maximum atomic E-state index is 11.2. The van der Waals surface area contributed by atoms with E-state index >= 15 is 0 Å². The van der Waals surface area contributed by atoms with Crippen LogP contribution in [0.4, 0.5) is 0 Å². The maximum Gasteiger partial charge on any atom is 0.128 e. The number of hydrogen-bond donors (Lipinski definition) is 0. The second kappa shape index (κ2) is 4.96. The molecule has 0 saturated carbocycles. The second-order valence-corrected chi connectivity index (χ2v) is 4.61. The predicted molar refractivity (Wildman–Crippen MR) is 67.9 cm³/mol. The molecule has 0 amide bonds. The van der Waals surface area contributed by atoms with E-state index in [0.29, 0.717) is 6.42 Å². The molecule has 0 aliphatic carbocycles. The third-order valence-electron chi connectivity index (χ3n) is 2.23. The summed E-state index contributed by atoms with van der Waals surface area (Å²) in [5.74, 6) is 0.0914. The van der Waals surface area contributed by atoms with Crippen molar-refractivity contribution in [2.45, 2.75) is 26.6 Å². The molecule has 0 N–H and O–H groups in total. The summed E-state index contributed by atoms with van der Waals surface area (Å²) in [4.78, 5) is 11.2. The van der Waals surface area contributed by atoms with E-state index in [4.69, 9.17) is 7.85 Å². The number of ketones is 1. The van der Waals surface area contributed by atoms with Gasteiger partial charge in [0.1, 0.15) is 5.78 Å². The second-order valence-electron chi connectivity index (χ2n) is 3.45. The number of Topliss-reactive ketones (excluding diaryl/α,β-unsaturated/α-hetero) is 1. The molecule has 0 unspecified atom stereocenters. The average Bonchev–Trinajstić information content (AvgIpc) is 2.14. The molecule has 2 radical (unpaired) electrons. The van der Waals surface area contributed by atoms with Crippen LogP contribution in [0.15, 0.2) is 12.1 Å². The number of hydrogen-bond acceptors (Lipinski definition) is 1. The fourth-order valence-electron chi connectivity index (χ4n) is 1.32. The van der Waals surface area contributed by atoms with Gasteiger partial charge in [0.15, 0.2) is 0 Å². The van der Waals surface area contributed by atoms with Crippen molar-refractivity contribution in [2.75, 3.05) is 0 Å². The van der Waals surface area contributed by atoms with E-state index in [-0.39, 0.29) is 12.1 Å². The molecule has 0 aliphatic heterocycles. The van der Waals surface area contributed by atoms with Gasteiger partial charge in [0.05, 0.1) is 7.85 Å². The summed E-state index contributed by atoms with van der Waals surface area (Å²) < 4.78 is 1.24. The molecule has 0 atom stereocenters. The number of carbonyl (C=O) groups is 1. The van der Waals surface area contributed by atoms with Gasteiger partial charge < -0.3 is 4.79 Å². The molecule has 14 heavy (non-hydrogen) atoms. The Morgan fingerprint density at radius 1 is 1.36 bits per heavy atom. The lowest BCUT2D eigenvalue weighted by molar-refractivity contribution is -0.116. The Balaban J connectivity index is 2.98. The Bertz CT molecular complexity index is 361. The SMILES string of the molecule is [B]CC(=O)Cc1cc(C)c(I)cc1C. The van der Waals surface area contributed by atoms with Gasteiger partial charge in [0.2, 0.25) is 0 Å². The monoisotopic (exact) mass is 298 g/mol. The first-order chi connectivity index (χ1) is 6.54. The normalized spacial score (nSPS) is 10.2. The molecule has 72 valence electrons. The third kappa shape index (κ3) is 2.84. The quantitative estimate of drug-likeness (QED) is 0.619.